The van der Waals surface area contributed by atoms with Crippen molar-refractivity contribution < 1.29 is 9.47 Å². The van der Waals surface area contributed by atoms with Gasteiger partial charge in [0.25, 0.3) is 5.56 Å². The molecule has 6 nitrogen and oxygen atoms in total. The van der Waals surface area contributed by atoms with E-state index in [1.807, 2.05) is 30.3 Å². The number of pyridine rings is 2. The Morgan fingerprint density at radius 2 is 1.83 bits per heavy atom. The summed E-state index contributed by atoms with van der Waals surface area (Å²) in [5.41, 5.74) is 2.02. The molecule has 0 atom stereocenters. The smallest absolute Gasteiger partial charge is 0.259 e. The third-order valence-corrected chi connectivity index (χ3v) is 4.83. The molecule has 0 fully saturated rings. The van der Waals surface area contributed by atoms with Crippen LogP contribution in [0, 0.1) is 16.5 Å². The molecule has 142 valence electrons. The molecular weight excluding hydrogens is 366 g/mol. The highest BCUT2D eigenvalue weighted by Gasteiger charge is 2.17. The number of hydrogen-bond donors (Lipinski definition) is 0. The first kappa shape index (κ1) is 18.3. The summed E-state index contributed by atoms with van der Waals surface area (Å²) < 4.78 is 7.92. The summed E-state index contributed by atoms with van der Waals surface area (Å²) in [5.74, 6) is 0.510. The predicted octanol–water partition coefficient (Wildman–Crippen LogP) is 3.29. The Morgan fingerprint density at radius 1 is 1.07 bits per heavy atom. The summed E-state index contributed by atoms with van der Waals surface area (Å²) in [4.78, 5) is 12.8. The summed E-state index contributed by atoms with van der Waals surface area (Å²) in [6, 6.07) is 21.9. The maximum atomic E-state index is 12.8. The Labute approximate surface area is 167 Å². The maximum Gasteiger partial charge on any atom is 0.259 e. The lowest BCUT2D eigenvalue weighted by Crippen LogP contribution is -2.31. The van der Waals surface area contributed by atoms with Gasteiger partial charge in [-0.3, -0.25) is 4.79 Å². The number of hydrogen-bond acceptors (Lipinski definition) is 4. The van der Waals surface area contributed by atoms with Crippen LogP contribution in [0.3, 0.4) is 0 Å². The van der Waals surface area contributed by atoms with Crippen LogP contribution >= 0.6 is 0 Å². The van der Waals surface area contributed by atoms with E-state index in [0.717, 1.165) is 10.3 Å². The minimum absolute atomic E-state index is 0.0897. The Hall–Kier alpha value is -4.11. The lowest BCUT2D eigenvalue weighted by molar-refractivity contribution is -0.616. The van der Waals surface area contributed by atoms with E-state index in [9.17, 15) is 15.3 Å². The van der Waals surface area contributed by atoms with Gasteiger partial charge >= 0.3 is 0 Å². The van der Waals surface area contributed by atoms with E-state index in [-0.39, 0.29) is 17.9 Å². The Morgan fingerprint density at radius 3 is 2.55 bits per heavy atom. The first-order valence-corrected chi connectivity index (χ1v) is 9.02. The molecule has 29 heavy (non-hydrogen) atoms. The Balaban J connectivity index is 1.87. The van der Waals surface area contributed by atoms with Gasteiger partial charge in [-0.2, -0.15) is 9.99 Å². The van der Waals surface area contributed by atoms with Crippen molar-refractivity contribution in [1.29, 1.82) is 5.26 Å². The molecule has 0 spiro atoms. The van der Waals surface area contributed by atoms with E-state index in [1.165, 1.54) is 10.8 Å². The molecule has 4 rings (SSSR count). The third kappa shape index (κ3) is 3.30. The summed E-state index contributed by atoms with van der Waals surface area (Å²) in [7, 11) is 1.60. The SMILES string of the molecule is Cn1c(C#N)c(-c2ccccc2)c2cc(OCc3cccc[n+]3[O-])ccc2c1=O. The van der Waals surface area contributed by atoms with E-state index >= 15 is 0 Å². The van der Waals surface area contributed by atoms with Gasteiger partial charge in [0.05, 0.1) is 0 Å². The molecule has 2 aromatic heterocycles. The topological polar surface area (TPSA) is 82.0 Å². The lowest BCUT2D eigenvalue weighted by atomic mass is 9.97. The molecule has 0 N–H and O–H groups in total. The van der Waals surface area contributed by atoms with Gasteiger partial charge in [-0.25, -0.2) is 0 Å². The lowest BCUT2D eigenvalue weighted by Gasteiger charge is -2.14. The van der Waals surface area contributed by atoms with Crippen molar-refractivity contribution in [2.75, 3.05) is 0 Å². The first-order chi connectivity index (χ1) is 14.1. The van der Waals surface area contributed by atoms with Crippen LogP contribution in [0.15, 0.2) is 77.7 Å². The molecular formula is C23H17N3O3. The van der Waals surface area contributed by atoms with Crippen molar-refractivity contribution in [1.82, 2.24) is 4.57 Å². The molecule has 0 saturated heterocycles. The summed E-state index contributed by atoms with van der Waals surface area (Å²) in [6.45, 7) is 0.0897. The summed E-state index contributed by atoms with van der Waals surface area (Å²) in [6.07, 6.45) is 1.41. The molecule has 6 heteroatoms. The van der Waals surface area contributed by atoms with E-state index in [1.54, 1.807) is 43.4 Å². The second kappa shape index (κ2) is 7.49. The highest BCUT2D eigenvalue weighted by Crippen LogP contribution is 2.32. The second-order valence-corrected chi connectivity index (χ2v) is 6.58. The van der Waals surface area contributed by atoms with Gasteiger partial charge in [0.2, 0.25) is 5.69 Å². The minimum atomic E-state index is -0.247. The minimum Gasteiger partial charge on any atom is -0.618 e. The molecule has 0 unspecified atom stereocenters. The van der Waals surface area contributed by atoms with Crippen LogP contribution in [0.4, 0.5) is 0 Å². The number of ether oxygens (including phenoxy) is 1. The highest BCUT2D eigenvalue weighted by molar-refractivity contribution is 5.99. The second-order valence-electron chi connectivity index (χ2n) is 6.58. The third-order valence-electron chi connectivity index (χ3n) is 4.83. The fraction of sp³-hybridized carbons (Fsp3) is 0.0870. The number of nitriles is 1. The monoisotopic (exact) mass is 383 g/mol. The van der Waals surface area contributed by atoms with E-state index < -0.39 is 0 Å². The molecule has 2 heterocycles. The number of nitrogens with zero attached hydrogens (tertiary/aromatic N) is 3. The van der Waals surface area contributed by atoms with Crippen molar-refractivity contribution in [3.05, 3.63) is 99.9 Å². The zero-order chi connectivity index (χ0) is 20.4. The van der Waals surface area contributed by atoms with Gasteiger partial charge < -0.3 is 14.5 Å². The Kier molecular flexibility index (Phi) is 4.71. The van der Waals surface area contributed by atoms with Crippen LogP contribution in [-0.2, 0) is 13.7 Å². The van der Waals surface area contributed by atoms with E-state index in [0.29, 0.717) is 27.8 Å². The highest BCUT2D eigenvalue weighted by atomic mass is 16.5. The summed E-state index contributed by atoms with van der Waals surface area (Å²) in [5, 5.41) is 22.7. The molecule has 0 aliphatic rings. The first-order valence-electron chi connectivity index (χ1n) is 9.02. The molecule has 2 aromatic carbocycles. The molecule has 0 aliphatic carbocycles. The average Bonchev–Trinajstić information content (AvgIpc) is 2.76. The normalized spacial score (nSPS) is 10.6. The quantitative estimate of drug-likeness (QED) is 0.400. The number of benzene rings is 2. The summed E-state index contributed by atoms with van der Waals surface area (Å²) >= 11 is 0. The van der Waals surface area contributed by atoms with Crippen LogP contribution in [0.1, 0.15) is 11.4 Å². The van der Waals surface area contributed by atoms with Crippen LogP contribution < -0.4 is 15.0 Å². The van der Waals surface area contributed by atoms with Gasteiger partial charge in [0.1, 0.15) is 17.5 Å². The molecule has 0 bridgehead atoms. The molecule has 0 saturated carbocycles. The van der Waals surface area contributed by atoms with Gasteiger partial charge in [-0.1, -0.05) is 30.3 Å². The zero-order valence-corrected chi connectivity index (χ0v) is 15.7. The van der Waals surface area contributed by atoms with Crippen molar-refractivity contribution in [3.8, 4) is 22.9 Å². The van der Waals surface area contributed by atoms with Crippen LogP contribution in [0.2, 0.25) is 0 Å². The number of fused-ring (bicyclic) bond motifs is 1. The van der Waals surface area contributed by atoms with Crippen molar-refractivity contribution in [3.63, 3.8) is 0 Å². The average molecular weight is 383 g/mol. The molecule has 0 radical (unpaired) electrons. The fourth-order valence-corrected chi connectivity index (χ4v) is 3.34. The van der Waals surface area contributed by atoms with Crippen molar-refractivity contribution in [2.45, 2.75) is 6.61 Å². The predicted molar refractivity (Wildman–Crippen MR) is 109 cm³/mol. The van der Waals surface area contributed by atoms with Crippen molar-refractivity contribution >= 4 is 10.8 Å². The maximum absolute atomic E-state index is 12.8. The standard InChI is InChI=1S/C23H17N3O3/c1-25-21(14-24)22(16-7-3-2-4-8-16)20-13-18(10-11-19(20)23(25)27)29-15-17-9-5-6-12-26(17)28/h2-13H,15H2,1H3. The van der Waals surface area contributed by atoms with Gasteiger partial charge in [-0.15, -0.1) is 0 Å². The largest absolute Gasteiger partial charge is 0.618 e. The number of aromatic nitrogens is 2. The van der Waals surface area contributed by atoms with Gasteiger partial charge in [-0.05, 0) is 29.8 Å². The van der Waals surface area contributed by atoms with Gasteiger partial charge in [0.15, 0.2) is 12.8 Å². The molecule has 0 aliphatic heterocycles. The van der Waals surface area contributed by atoms with Crippen molar-refractivity contribution in [2.24, 2.45) is 7.05 Å². The molecule has 0 amide bonds. The van der Waals surface area contributed by atoms with Crippen LogP contribution in [-0.4, -0.2) is 4.57 Å². The van der Waals surface area contributed by atoms with Gasteiger partial charge in [0, 0.05) is 35.5 Å². The zero-order valence-electron chi connectivity index (χ0n) is 15.7. The molecule has 4 aromatic rings. The number of rotatable bonds is 4. The Bertz CT molecular complexity index is 1300. The fourth-order valence-electron chi connectivity index (χ4n) is 3.34. The van der Waals surface area contributed by atoms with E-state index in [2.05, 4.69) is 6.07 Å². The van der Waals surface area contributed by atoms with Crippen LogP contribution in [0.25, 0.3) is 21.9 Å². The van der Waals surface area contributed by atoms with E-state index in [4.69, 9.17) is 4.74 Å². The van der Waals surface area contributed by atoms with Crippen LogP contribution in [0.5, 0.6) is 5.75 Å².